The Labute approximate surface area is 145 Å². The van der Waals surface area contributed by atoms with Gasteiger partial charge in [0.05, 0.1) is 24.3 Å². The minimum Gasteiger partial charge on any atom is -0.480 e. The molecule has 0 aliphatic rings. The number of anilines is 1. The van der Waals surface area contributed by atoms with Gasteiger partial charge < -0.3 is 20.5 Å². The highest BCUT2D eigenvalue weighted by molar-refractivity contribution is 6.04. The predicted molar refractivity (Wildman–Crippen MR) is 90.0 cm³/mol. The molecule has 0 saturated carbocycles. The Kier molecular flexibility index (Phi) is 7.58. The van der Waals surface area contributed by atoms with Gasteiger partial charge in [-0.3, -0.25) is 14.4 Å². The number of para-hydroxylation sites is 1. The van der Waals surface area contributed by atoms with Crippen LogP contribution in [0, 0.1) is 5.92 Å². The topological polar surface area (TPSA) is 122 Å². The lowest BCUT2D eigenvalue weighted by Gasteiger charge is -2.21. The summed E-state index contributed by atoms with van der Waals surface area (Å²) in [6.07, 6.45) is -0.140. The van der Waals surface area contributed by atoms with Crippen molar-refractivity contribution in [3.63, 3.8) is 0 Å². The summed E-state index contributed by atoms with van der Waals surface area (Å²) in [4.78, 5) is 46.7. The molecule has 0 aliphatic carbocycles. The van der Waals surface area contributed by atoms with Gasteiger partial charge in [-0.1, -0.05) is 19.1 Å². The molecule has 3 N–H and O–H groups in total. The van der Waals surface area contributed by atoms with Gasteiger partial charge in [-0.2, -0.15) is 0 Å². The number of ether oxygens (including phenoxy) is 1. The highest BCUT2D eigenvalue weighted by Gasteiger charge is 2.29. The number of esters is 1. The molecule has 0 spiro atoms. The quantitative estimate of drug-likeness (QED) is 0.610. The summed E-state index contributed by atoms with van der Waals surface area (Å²) in [6.45, 7) is 4.68. The van der Waals surface area contributed by atoms with Gasteiger partial charge in [0, 0.05) is 6.92 Å². The number of hydrogen-bond acceptors (Lipinski definition) is 5. The second kappa shape index (κ2) is 9.41. The van der Waals surface area contributed by atoms with Crippen molar-refractivity contribution >= 4 is 29.4 Å². The second-order valence-electron chi connectivity index (χ2n) is 5.50. The minimum atomic E-state index is -1.28. The van der Waals surface area contributed by atoms with E-state index in [1.54, 1.807) is 19.1 Å². The Balaban J connectivity index is 2.92. The van der Waals surface area contributed by atoms with Crippen LogP contribution < -0.4 is 10.6 Å². The molecule has 1 aromatic carbocycles. The van der Waals surface area contributed by atoms with Crippen molar-refractivity contribution in [2.45, 2.75) is 33.2 Å². The number of carboxylic acids is 1. The van der Waals surface area contributed by atoms with Crippen molar-refractivity contribution in [3.05, 3.63) is 29.8 Å². The van der Waals surface area contributed by atoms with Crippen LogP contribution in [0.2, 0.25) is 0 Å². The van der Waals surface area contributed by atoms with Crippen LogP contribution in [-0.4, -0.2) is 41.5 Å². The Hall–Kier alpha value is -2.90. The van der Waals surface area contributed by atoms with E-state index in [1.165, 1.54) is 26.0 Å². The Morgan fingerprint density at radius 3 is 2.40 bits per heavy atom. The smallest absolute Gasteiger partial charge is 0.326 e. The Morgan fingerprint density at radius 2 is 1.84 bits per heavy atom. The summed E-state index contributed by atoms with van der Waals surface area (Å²) in [6, 6.07) is 4.96. The van der Waals surface area contributed by atoms with Gasteiger partial charge in [-0.15, -0.1) is 0 Å². The molecule has 1 aromatic rings. The maximum Gasteiger partial charge on any atom is 0.326 e. The van der Waals surface area contributed by atoms with Crippen molar-refractivity contribution in [2.24, 2.45) is 5.92 Å². The number of hydrogen-bond donors (Lipinski definition) is 3. The maximum atomic E-state index is 12.4. The van der Waals surface area contributed by atoms with Crippen LogP contribution in [0.3, 0.4) is 0 Å². The van der Waals surface area contributed by atoms with Crippen LogP contribution in [0.25, 0.3) is 0 Å². The van der Waals surface area contributed by atoms with Gasteiger partial charge in [-0.25, -0.2) is 4.79 Å². The van der Waals surface area contributed by atoms with E-state index < -0.39 is 29.8 Å². The molecule has 0 aromatic heterocycles. The average Bonchev–Trinajstić information content (AvgIpc) is 2.52. The van der Waals surface area contributed by atoms with Crippen LogP contribution in [0.15, 0.2) is 24.3 Å². The SMILES string of the molecule is CCOC(=O)C[C@@H](C)[C@@H](NC(=O)c1ccccc1NC(C)=O)C(=O)O. The Bertz CT molecular complexity index is 658. The van der Waals surface area contributed by atoms with Crippen LogP contribution in [0.5, 0.6) is 0 Å². The molecule has 0 radical (unpaired) electrons. The molecule has 0 bridgehead atoms. The lowest BCUT2D eigenvalue weighted by Crippen LogP contribution is -2.46. The van der Waals surface area contributed by atoms with Gasteiger partial charge in [-0.05, 0) is 25.0 Å². The standard InChI is InChI=1S/C17H22N2O6/c1-4-25-14(21)9-10(2)15(17(23)24)19-16(22)12-7-5-6-8-13(12)18-11(3)20/h5-8,10,15H,4,9H2,1-3H3,(H,18,20)(H,19,22)(H,23,24)/t10-,15-/m1/s1. The summed E-state index contributed by atoms with van der Waals surface area (Å²) < 4.78 is 4.80. The molecule has 25 heavy (non-hydrogen) atoms. The van der Waals surface area contributed by atoms with E-state index >= 15 is 0 Å². The fourth-order valence-corrected chi connectivity index (χ4v) is 2.25. The summed E-state index contributed by atoms with van der Waals surface area (Å²) in [5, 5.41) is 14.3. The van der Waals surface area contributed by atoms with Crippen LogP contribution in [-0.2, 0) is 19.1 Å². The monoisotopic (exact) mass is 350 g/mol. The number of rotatable bonds is 8. The summed E-state index contributed by atoms with van der Waals surface area (Å²) in [5.41, 5.74) is 0.405. The zero-order valence-electron chi connectivity index (χ0n) is 14.4. The first-order valence-electron chi connectivity index (χ1n) is 7.82. The third kappa shape index (κ3) is 6.25. The summed E-state index contributed by atoms with van der Waals surface area (Å²) in [5.74, 6) is -3.48. The van der Waals surface area contributed by atoms with Gasteiger partial charge in [0.2, 0.25) is 5.91 Å². The minimum absolute atomic E-state index is 0.132. The predicted octanol–water partition coefficient (Wildman–Crippen LogP) is 1.42. The number of aliphatic carboxylic acids is 1. The lowest BCUT2D eigenvalue weighted by atomic mass is 9.97. The molecule has 0 aliphatic heterocycles. The first kappa shape index (κ1) is 20.1. The van der Waals surface area contributed by atoms with Crippen molar-refractivity contribution < 1.29 is 29.0 Å². The molecule has 0 saturated heterocycles. The molecule has 8 nitrogen and oxygen atoms in total. The van der Waals surface area contributed by atoms with Crippen LogP contribution >= 0.6 is 0 Å². The lowest BCUT2D eigenvalue weighted by molar-refractivity contribution is -0.146. The molecule has 2 amide bonds. The molecule has 0 heterocycles. The van der Waals surface area contributed by atoms with Crippen molar-refractivity contribution in [1.82, 2.24) is 5.32 Å². The third-order valence-electron chi connectivity index (χ3n) is 3.40. The van der Waals surface area contributed by atoms with E-state index in [0.29, 0.717) is 0 Å². The zero-order chi connectivity index (χ0) is 19.0. The molecular formula is C17H22N2O6. The molecule has 1 rings (SSSR count). The van der Waals surface area contributed by atoms with Gasteiger partial charge in [0.25, 0.3) is 5.91 Å². The Morgan fingerprint density at radius 1 is 1.20 bits per heavy atom. The van der Waals surface area contributed by atoms with Crippen LogP contribution in [0.4, 0.5) is 5.69 Å². The van der Waals surface area contributed by atoms with Crippen molar-refractivity contribution in [3.8, 4) is 0 Å². The number of carbonyl (C=O) groups is 4. The first-order chi connectivity index (χ1) is 11.8. The number of benzene rings is 1. The average molecular weight is 350 g/mol. The number of nitrogens with one attached hydrogen (secondary N) is 2. The summed E-state index contributed by atoms with van der Waals surface area (Å²) in [7, 11) is 0. The zero-order valence-corrected chi connectivity index (χ0v) is 14.4. The summed E-state index contributed by atoms with van der Waals surface area (Å²) >= 11 is 0. The fourth-order valence-electron chi connectivity index (χ4n) is 2.25. The van der Waals surface area contributed by atoms with Crippen molar-refractivity contribution in [2.75, 3.05) is 11.9 Å². The van der Waals surface area contributed by atoms with E-state index in [0.717, 1.165) is 0 Å². The number of carbonyl (C=O) groups excluding carboxylic acids is 3. The van der Waals surface area contributed by atoms with Gasteiger partial charge in [0.1, 0.15) is 6.04 Å². The van der Waals surface area contributed by atoms with E-state index in [1.807, 2.05) is 0 Å². The molecule has 0 unspecified atom stereocenters. The molecule has 8 heteroatoms. The molecule has 2 atom stereocenters. The number of amides is 2. The highest BCUT2D eigenvalue weighted by Crippen LogP contribution is 2.17. The van der Waals surface area contributed by atoms with Gasteiger partial charge in [0.15, 0.2) is 0 Å². The maximum absolute atomic E-state index is 12.4. The molecule has 136 valence electrons. The van der Waals surface area contributed by atoms with Gasteiger partial charge >= 0.3 is 11.9 Å². The fraction of sp³-hybridized carbons (Fsp3) is 0.412. The van der Waals surface area contributed by atoms with Crippen LogP contribution in [0.1, 0.15) is 37.6 Å². The van der Waals surface area contributed by atoms with E-state index in [9.17, 15) is 24.3 Å². The van der Waals surface area contributed by atoms with Crippen molar-refractivity contribution in [1.29, 1.82) is 0 Å². The third-order valence-corrected chi connectivity index (χ3v) is 3.40. The van der Waals surface area contributed by atoms with E-state index in [4.69, 9.17) is 4.74 Å². The highest BCUT2D eigenvalue weighted by atomic mass is 16.5. The van der Waals surface area contributed by atoms with E-state index in [2.05, 4.69) is 10.6 Å². The molecule has 0 fully saturated rings. The largest absolute Gasteiger partial charge is 0.480 e. The number of carboxylic acid groups (broad SMARTS) is 1. The molecular weight excluding hydrogens is 328 g/mol. The normalized spacial score (nSPS) is 12.6. The second-order valence-corrected chi connectivity index (χ2v) is 5.50. The first-order valence-corrected chi connectivity index (χ1v) is 7.82. The van der Waals surface area contributed by atoms with E-state index in [-0.39, 0.29) is 30.2 Å².